The number of aryl methyl sites for hydroxylation is 1. The van der Waals surface area contributed by atoms with E-state index in [4.69, 9.17) is 0 Å². The number of hydrogen-bond acceptors (Lipinski definition) is 4. The third kappa shape index (κ3) is 2.61. The van der Waals surface area contributed by atoms with Crippen LogP contribution in [-0.4, -0.2) is 39.0 Å². The highest BCUT2D eigenvalue weighted by Crippen LogP contribution is 2.41. The van der Waals surface area contributed by atoms with E-state index >= 15 is 0 Å². The van der Waals surface area contributed by atoms with Crippen LogP contribution >= 0.6 is 0 Å². The van der Waals surface area contributed by atoms with Crippen molar-refractivity contribution >= 4 is 17.1 Å². The second kappa shape index (κ2) is 5.60. The molecule has 6 heteroatoms. The van der Waals surface area contributed by atoms with Gasteiger partial charge in [-0.15, -0.1) is 0 Å². The van der Waals surface area contributed by atoms with E-state index in [9.17, 15) is 4.79 Å². The van der Waals surface area contributed by atoms with Gasteiger partial charge in [0.1, 0.15) is 5.82 Å². The number of carbonyl (C=O) groups is 1. The van der Waals surface area contributed by atoms with E-state index in [1.54, 1.807) is 12.3 Å². The number of imidazole rings is 1. The smallest absolute Gasteiger partial charge is 0.254 e. The van der Waals surface area contributed by atoms with Crippen LogP contribution in [0, 0.1) is 0 Å². The average Bonchev–Trinajstić information content (AvgIpc) is 3.24. The first kappa shape index (κ1) is 14.6. The van der Waals surface area contributed by atoms with Crippen LogP contribution in [0.15, 0.2) is 12.3 Å². The number of pyridine rings is 1. The fourth-order valence-corrected chi connectivity index (χ4v) is 3.63. The minimum Gasteiger partial charge on any atom is -0.345 e. The maximum Gasteiger partial charge on any atom is 0.254 e. The van der Waals surface area contributed by atoms with Crippen molar-refractivity contribution in [3.63, 3.8) is 0 Å². The van der Waals surface area contributed by atoms with Gasteiger partial charge < -0.3 is 15.6 Å². The number of carbonyl (C=O) groups excluding carboxylic acids is 1. The molecule has 2 aromatic rings. The first-order valence-electron chi connectivity index (χ1n) is 8.61. The highest BCUT2D eigenvalue weighted by molar-refractivity contribution is 6.04. The summed E-state index contributed by atoms with van der Waals surface area (Å²) in [5, 5.41) is 6.88. The first-order valence-corrected chi connectivity index (χ1v) is 8.61. The number of piperidine rings is 1. The molecule has 1 aliphatic carbocycles. The molecule has 1 atom stereocenters. The lowest BCUT2D eigenvalue weighted by Gasteiger charge is -2.32. The molecule has 0 aromatic carbocycles. The summed E-state index contributed by atoms with van der Waals surface area (Å²) in [6.45, 7) is 3.09. The van der Waals surface area contributed by atoms with Crippen molar-refractivity contribution in [2.24, 2.45) is 0 Å². The molecule has 1 saturated carbocycles. The summed E-state index contributed by atoms with van der Waals surface area (Å²) in [7, 11) is 0. The molecule has 1 saturated heterocycles. The molecule has 122 valence electrons. The molecule has 0 spiro atoms. The van der Waals surface area contributed by atoms with Gasteiger partial charge in [0.15, 0.2) is 5.65 Å². The molecule has 4 rings (SSSR count). The van der Waals surface area contributed by atoms with Gasteiger partial charge in [0.2, 0.25) is 0 Å². The minimum absolute atomic E-state index is 0.0198. The molecule has 1 aliphatic heterocycles. The van der Waals surface area contributed by atoms with Gasteiger partial charge in [-0.3, -0.25) is 4.79 Å². The number of hydrogen-bond donors (Lipinski definition) is 3. The highest BCUT2D eigenvalue weighted by atomic mass is 16.1. The molecule has 0 radical (unpaired) electrons. The van der Waals surface area contributed by atoms with Crippen LogP contribution in [0.1, 0.15) is 55.2 Å². The summed E-state index contributed by atoms with van der Waals surface area (Å²) >= 11 is 0. The Hall–Kier alpha value is -1.95. The standard InChI is InChI=1S/C17H23N5O/c1-2-13-20-14-11(6-10-19-15(14)21-13)16(23)22-17(7-8-17)12-5-3-4-9-18-12/h6,10,12,18H,2-5,7-9H2,1H3,(H,22,23)(H,19,20,21). The van der Waals surface area contributed by atoms with E-state index in [0.29, 0.717) is 17.3 Å². The van der Waals surface area contributed by atoms with Gasteiger partial charge in [-0.1, -0.05) is 13.3 Å². The molecule has 0 bridgehead atoms. The third-order valence-corrected chi connectivity index (χ3v) is 5.15. The zero-order valence-corrected chi connectivity index (χ0v) is 13.5. The summed E-state index contributed by atoms with van der Waals surface area (Å²) in [5.74, 6) is 0.844. The molecule has 2 aromatic heterocycles. The molecule has 2 aliphatic rings. The summed E-state index contributed by atoms with van der Waals surface area (Å²) in [6, 6.07) is 2.19. The monoisotopic (exact) mass is 313 g/mol. The van der Waals surface area contributed by atoms with Gasteiger partial charge in [-0.2, -0.15) is 0 Å². The van der Waals surface area contributed by atoms with Gasteiger partial charge in [0, 0.05) is 18.7 Å². The van der Waals surface area contributed by atoms with Gasteiger partial charge in [0.25, 0.3) is 5.91 Å². The van der Waals surface area contributed by atoms with Crippen LogP contribution in [0.4, 0.5) is 0 Å². The molecular weight excluding hydrogens is 290 g/mol. The van der Waals surface area contributed by atoms with E-state index < -0.39 is 0 Å². The Morgan fingerprint density at radius 1 is 1.43 bits per heavy atom. The summed E-state index contributed by atoms with van der Waals surface area (Å²) in [5.41, 5.74) is 1.95. The third-order valence-electron chi connectivity index (χ3n) is 5.15. The van der Waals surface area contributed by atoms with Crippen molar-refractivity contribution in [1.29, 1.82) is 0 Å². The van der Waals surface area contributed by atoms with E-state index in [1.165, 1.54) is 12.8 Å². The lowest BCUT2D eigenvalue weighted by atomic mass is 9.95. The SMILES string of the molecule is CCc1nc2nccc(C(=O)NC3(C4CCCCN4)CC3)c2[nH]1. The Morgan fingerprint density at radius 3 is 3.00 bits per heavy atom. The fraction of sp³-hybridized carbons (Fsp3) is 0.588. The van der Waals surface area contributed by atoms with Crippen LogP contribution in [0.5, 0.6) is 0 Å². The van der Waals surface area contributed by atoms with Crippen LogP contribution in [0.2, 0.25) is 0 Å². The molecule has 1 unspecified atom stereocenters. The number of rotatable bonds is 4. The number of aromatic nitrogens is 3. The van der Waals surface area contributed by atoms with Crippen molar-refractivity contribution in [3.8, 4) is 0 Å². The average molecular weight is 313 g/mol. The number of fused-ring (bicyclic) bond motifs is 1. The first-order chi connectivity index (χ1) is 11.2. The topological polar surface area (TPSA) is 82.7 Å². The zero-order valence-electron chi connectivity index (χ0n) is 13.5. The van der Waals surface area contributed by atoms with Gasteiger partial charge in [0.05, 0.1) is 16.6 Å². The number of amides is 1. The zero-order chi connectivity index (χ0) is 15.9. The predicted molar refractivity (Wildman–Crippen MR) is 88.3 cm³/mol. The van der Waals surface area contributed by atoms with Gasteiger partial charge >= 0.3 is 0 Å². The Kier molecular flexibility index (Phi) is 3.56. The van der Waals surface area contributed by atoms with Crippen molar-refractivity contribution < 1.29 is 4.79 Å². The number of nitrogens with one attached hydrogen (secondary N) is 3. The molecule has 3 N–H and O–H groups in total. The molecule has 23 heavy (non-hydrogen) atoms. The maximum absolute atomic E-state index is 12.8. The van der Waals surface area contributed by atoms with E-state index in [-0.39, 0.29) is 11.4 Å². The molecular formula is C17H23N5O. The van der Waals surface area contributed by atoms with E-state index in [2.05, 4.69) is 25.6 Å². The number of aromatic amines is 1. The summed E-state index contributed by atoms with van der Waals surface area (Å²) in [6.07, 6.45) is 8.22. The second-order valence-corrected chi connectivity index (χ2v) is 6.71. The van der Waals surface area contributed by atoms with Crippen molar-refractivity contribution in [2.45, 2.75) is 57.0 Å². The van der Waals surface area contributed by atoms with Crippen molar-refractivity contribution in [3.05, 3.63) is 23.7 Å². The van der Waals surface area contributed by atoms with Crippen molar-refractivity contribution in [1.82, 2.24) is 25.6 Å². The fourth-order valence-electron chi connectivity index (χ4n) is 3.63. The van der Waals surface area contributed by atoms with Crippen molar-refractivity contribution in [2.75, 3.05) is 6.54 Å². The normalized spacial score (nSPS) is 22.9. The van der Waals surface area contributed by atoms with Gasteiger partial charge in [-0.25, -0.2) is 9.97 Å². The Morgan fingerprint density at radius 2 is 2.30 bits per heavy atom. The van der Waals surface area contributed by atoms with E-state index in [0.717, 1.165) is 43.6 Å². The maximum atomic E-state index is 12.8. The van der Waals surface area contributed by atoms with Crippen LogP contribution in [-0.2, 0) is 6.42 Å². The predicted octanol–water partition coefficient (Wildman–Crippen LogP) is 1.92. The second-order valence-electron chi connectivity index (χ2n) is 6.71. The van der Waals surface area contributed by atoms with Crippen LogP contribution in [0.3, 0.4) is 0 Å². The van der Waals surface area contributed by atoms with E-state index in [1.807, 2.05) is 6.92 Å². The summed E-state index contributed by atoms with van der Waals surface area (Å²) < 4.78 is 0. The van der Waals surface area contributed by atoms with Gasteiger partial charge in [-0.05, 0) is 38.3 Å². The molecule has 2 fully saturated rings. The molecule has 6 nitrogen and oxygen atoms in total. The summed E-state index contributed by atoms with van der Waals surface area (Å²) in [4.78, 5) is 24.7. The Labute approximate surface area is 135 Å². The molecule has 3 heterocycles. The highest BCUT2D eigenvalue weighted by Gasteiger charge is 2.50. The van der Waals surface area contributed by atoms with Crippen LogP contribution < -0.4 is 10.6 Å². The Balaban J connectivity index is 1.58. The lowest BCUT2D eigenvalue weighted by molar-refractivity contribution is 0.0916. The lowest BCUT2D eigenvalue weighted by Crippen LogP contribution is -2.53. The van der Waals surface area contributed by atoms with Crippen LogP contribution in [0.25, 0.3) is 11.2 Å². The number of nitrogens with zero attached hydrogens (tertiary/aromatic N) is 2. The quantitative estimate of drug-likeness (QED) is 0.805. The number of H-pyrrole nitrogens is 1. The molecule has 1 amide bonds. The minimum atomic E-state index is -0.0549. The Bertz CT molecular complexity index is 728. The largest absolute Gasteiger partial charge is 0.345 e.